The van der Waals surface area contributed by atoms with Crippen LogP contribution >= 0.6 is 0 Å². The lowest BCUT2D eigenvalue weighted by atomic mass is 10.1. The lowest BCUT2D eigenvalue weighted by Gasteiger charge is -2.15. The fourth-order valence-corrected chi connectivity index (χ4v) is 2.07. The van der Waals surface area contributed by atoms with Crippen molar-refractivity contribution in [1.29, 1.82) is 0 Å². The van der Waals surface area contributed by atoms with Gasteiger partial charge in [0.15, 0.2) is 0 Å². The number of amides is 2. The van der Waals surface area contributed by atoms with Gasteiger partial charge in [-0.1, -0.05) is 18.2 Å². The van der Waals surface area contributed by atoms with Gasteiger partial charge in [-0.3, -0.25) is 9.59 Å². The molecule has 1 aromatic rings. The summed E-state index contributed by atoms with van der Waals surface area (Å²) in [6, 6.07) is 6.33. The first-order valence-corrected chi connectivity index (χ1v) is 6.73. The largest absolute Gasteiger partial charge is 0.471 e. The third kappa shape index (κ3) is 4.20. The SMILES string of the molecule is O=C(Nc1ccccc1CNC(=O)C(F)(F)F)C1CCCO1. The predicted molar refractivity (Wildman–Crippen MR) is 71.9 cm³/mol. The highest BCUT2D eigenvalue weighted by molar-refractivity contribution is 5.95. The zero-order valence-electron chi connectivity index (χ0n) is 11.6. The van der Waals surface area contributed by atoms with Crippen LogP contribution in [0.2, 0.25) is 0 Å². The molecule has 5 nitrogen and oxygen atoms in total. The van der Waals surface area contributed by atoms with Gasteiger partial charge in [0.05, 0.1) is 0 Å². The maximum absolute atomic E-state index is 12.2. The van der Waals surface area contributed by atoms with E-state index in [0.717, 1.165) is 6.42 Å². The monoisotopic (exact) mass is 316 g/mol. The normalized spacial score (nSPS) is 18.0. The van der Waals surface area contributed by atoms with E-state index in [1.165, 1.54) is 6.07 Å². The number of benzene rings is 1. The Labute approximate surface area is 124 Å². The number of carbonyl (C=O) groups is 2. The molecule has 2 rings (SSSR count). The minimum absolute atomic E-state index is 0.333. The fraction of sp³-hybridized carbons (Fsp3) is 0.429. The molecule has 2 amide bonds. The second-order valence-corrected chi connectivity index (χ2v) is 4.83. The van der Waals surface area contributed by atoms with E-state index in [1.54, 1.807) is 23.5 Å². The minimum atomic E-state index is -4.93. The molecule has 120 valence electrons. The predicted octanol–water partition coefficient (Wildman–Crippen LogP) is 1.98. The summed E-state index contributed by atoms with van der Waals surface area (Å²) < 4.78 is 41.7. The van der Waals surface area contributed by atoms with E-state index in [-0.39, 0.29) is 12.5 Å². The topological polar surface area (TPSA) is 67.4 Å². The molecule has 0 aliphatic carbocycles. The number of anilines is 1. The van der Waals surface area contributed by atoms with Crippen molar-refractivity contribution >= 4 is 17.5 Å². The second-order valence-electron chi connectivity index (χ2n) is 4.83. The molecule has 1 fully saturated rings. The zero-order chi connectivity index (χ0) is 16.2. The standard InChI is InChI=1S/C14H15F3N2O3/c15-14(16,17)13(21)18-8-9-4-1-2-5-10(9)19-12(20)11-6-3-7-22-11/h1-2,4-5,11H,3,6-8H2,(H,18,21)(H,19,20). The Kier molecular flexibility index (Phi) is 5.02. The van der Waals surface area contributed by atoms with Crippen LogP contribution in [0.4, 0.5) is 18.9 Å². The summed E-state index contributed by atoms with van der Waals surface area (Å²) in [7, 11) is 0. The first-order chi connectivity index (χ1) is 10.4. The molecule has 1 aromatic carbocycles. The van der Waals surface area contributed by atoms with Gasteiger partial charge in [-0.05, 0) is 24.5 Å². The molecular weight excluding hydrogens is 301 g/mol. The van der Waals surface area contributed by atoms with Gasteiger partial charge in [0, 0.05) is 18.8 Å². The summed E-state index contributed by atoms with van der Waals surface area (Å²) in [4.78, 5) is 22.8. The summed E-state index contributed by atoms with van der Waals surface area (Å²) in [5, 5.41) is 4.39. The number of rotatable bonds is 4. The number of carbonyl (C=O) groups excluding carboxylic acids is 2. The van der Waals surface area contributed by atoms with Crippen LogP contribution in [0.15, 0.2) is 24.3 Å². The third-order valence-electron chi connectivity index (χ3n) is 3.19. The van der Waals surface area contributed by atoms with Gasteiger partial charge in [0.25, 0.3) is 5.91 Å². The Morgan fingerprint density at radius 2 is 2.00 bits per heavy atom. The van der Waals surface area contributed by atoms with Crippen LogP contribution < -0.4 is 10.6 Å². The summed E-state index contributed by atoms with van der Waals surface area (Å²) in [6.45, 7) is 0.182. The summed E-state index contributed by atoms with van der Waals surface area (Å²) in [5.41, 5.74) is 0.733. The highest BCUT2D eigenvalue weighted by Gasteiger charge is 2.38. The highest BCUT2D eigenvalue weighted by atomic mass is 19.4. The molecular formula is C14H15F3N2O3. The van der Waals surface area contributed by atoms with Crippen molar-refractivity contribution in [3.8, 4) is 0 Å². The Morgan fingerprint density at radius 3 is 2.64 bits per heavy atom. The molecule has 0 spiro atoms. The molecule has 1 aliphatic heterocycles. The van der Waals surface area contributed by atoms with Crippen LogP contribution in [0.5, 0.6) is 0 Å². The fourth-order valence-electron chi connectivity index (χ4n) is 2.07. The van der Waals surface area contributed by atoms with E-state index in [2.05, 4.69) is 5.32 Å². The summed E-state index contributed by atoms with van der Waals surface area (Å²) >= 11 is 0. The number of hydrogen-bond acceptors (Lipinski definition) is 3. The Morgan fingerprint density at radius 1 is 1.27 bits per heavy atom. The van der Waals surface area contributed by atoms with Crippen LogP contribution in [0, 0.1) is 0 Å². The lowest BCUT2D eigenvalue weighted by molar-refractivity contribution is -0.173. The molecule has 0 radical (unpaired) electrons. The van der Waals surface area contributed by atoms with Gasteiger partial charge in [0.1, 0.15) is 6.10 Å². The molecule has 0 bridgehead atoms. The molecule has 2 N–H and O–H groups in total. The Bertz CT molecular complexity index is 555. The van der Waals surface area contributed by atoms with Crippen molar-refractivity contribution in [2.24, 2.45) is 0 Å². The third-order valence-corrected chi connectivity index (χ3v) is 3.19. The van der Waals surface area contributed by atoms with Crippen LogP contribution in [0.1, 0.15) is 18.4 Å². The first kappa shape index (κ1) is 16.3. The van der Waals surface area contributed by atoms with Gasteiger partial charge >= 0.3 is 12.1 Å². The van der Waals surface area contributed by atoms with E-state index in [9.17, 15) is 22.8 Å². The molecule has 1 heterocycles. The summed E-state index contributed by atoms with van der Waals surface area (Å²) in [6.07, 6.45) is -4.08. The number of halogens is 3. The van der Waals surface area contributed by atoms with Gasteiger partial charge in [0.2, 0.25) is 0 Å². The van der Waals surface area contributed by atoms with Gasteiger partial charge in [-0.25, -0.2) is 0 Å². The van der Waals surface area contributed by atoms with Crippen LogP contribution in [-0.2, 0) is 20.9 Å². The molecule has 1 aliphatic rings. The smallest absolute Gasteiger partial charge is 0.368 e. The molecule has 1 unspecified atom stereocenters. The maximum atomic E-state index is 12.2. The van der Waals surface area contributed by atoms with Crippen molar-refractivity contribution in [2.75, 3.05) is 11.9 Å². The number of para-hydroxylation sites is 1. The number of hydrogen-bond donors (Lipinski definition) is 2. The minimum Gasteiger partial charge on any atom is -0.368 e. The van der Waals surface area contributed by atoms with E-state index in [0.29, 0.717) is 24.3 Å². The van der Waals surface area contributed by atoms with E-state index in [4.69, 9.17) is 4.74 Å². The summed E-state index contributed by atoms with van der Waals surface area (Å²) in [5.74, 6) is -2.36. The number of alkyl halides is 3. The van der Waals surface area contributed by atoms with Crippen molar-refractivity contribution < 1.29 is 27.5 Å². The molecule has 1 atom stereocenters. The van der Waals surface area contributed by atoms with E-state index in [1.807, 2.05) is 0 Å². The van der Waals surface area contributed by atoms with Crippen molar-refractivity contribution in [3.05, 3.63) is 29.8 Å². The van der Waals surface area contributed by atoms with Gasteiger partial charge in [-0.2, -0.15) is 13.2 Å². The molecule has 0 aromatic heterocycles. The van der Waals surface area contributed by atoms with Crippen LogP contribution in [0.25, 0.3) is 0 Å². The average Bonchev–Trinajstić information content (AvgIpc) is 2.99. The van der Waals surface area contributed by atoms with Gasteiger partial charge < -0.3 is 15.4 Å². The molecule has 8 heteroatoms. The Balaban J connectivity index is 2.00. The lowest BCUT2D eigenvalue weighted by Crippen LogP contribution is -2.36. The van der Waals surface area contributed by atoms with Crippen molar-refractivity contribution in [3.63, 3.8) is 0 Å². The van der Waals surface area contributed by atoms with Gasteiger partial charge in [-0.15, -0.1) is 0 Å². The molecule has 22 heavy (non-hydrogen) atoms. The van der Waals surface area contributed by atoms with Crippen LogP contribution in [-0.4, -0.2) is 30.7 Å². The molecule has 1 saturated heterocycles. The van der Waals surface area contributed by atoms with E-state index >= 15 is 0 Å². The first-order valence-electron chi connectivity index (χ1n) is 6.73. The maximum Gasteiger partial charge on any atom is 0.471 e. The quantitative estimate of drug-likeness (QED) is 0.892. The van der Waals surface area contributed by atoms with Crippen LogP contribution in [0.3, 0.4) is 0 Å². The number of nitrogens with one attached hydrogen (secondary N) is 2. The van der Waals surface area contributed by atoms with E-state index < -0.39 is 18.2 Å². The second kappa shape index (κ2) is 6.78. The van der Waals surface area contributed by atoms with Crippen molar-refractivity contribution in [2.45, 2.75) is 31.7 Å². The highest BCUT2D eigenvalue weighted by Crippen LogP contribution is 2.19. The molecule has 0 saturated carbocycles. The number of ether oxygens (including phenoxy) is 1. The zero-order valence-corrected chi connectivity index (χ0v) is 11.6. The Hall–Kier alpha value is -2.09. The average molecular weight is 316 g/mol. The van der Waals surface area contributed by atoms with Crippen molar-refractivity contribution in [1.82, 2.24) is 5.32 Å².